The molecule has 0 radical (unpaired) electrons. The second-order valence-corrected chi connectivity index (χ2v) is 13.1. The van der Waals surface area contributed by atoms with E-state index in [4.69, 9.17) is 4.74 Å². The summed E-state index contributed by atoms with van der Waals surface area (Å²) in [6.07, 6.45) is -6.73. The molecule has 5 atom stereocenters. The Bertz CT molecular complexity index is 1750. The number of rotatable bonds is 9. The average Bonchev–Trinajstić information content (AvgIpc) is 3.15. The highest BCUT2D eigenvalue weighted by Crippen LogP contribution is 2.37. The normalized spacial score (nSPS) is 23.1. The van der Waals surface area contributed by atoms with Gasteiger partial charge in [-0.3, -0.25) is 0 Å². The maximum absolute atomic E-state index is 13.1. The molecule has 11 heteroatoms. The number of nitrogens with zero attached hydrogens (tertiary/aromatic N) is 1. The first-order valence-corrected chi connectivity index (χ1v) is 17.5. The van der Waals surface area contributed by atoms with Crippen LogP contribution in [0.25, 0.3) is 33.0 Å². The number of aliphatic hydroxyl groups is 4. The molecule has 4 aromatic rings. The van der Waals surface area contributed by atoms with E-state index in [1.54, 1.807) is 18.2 Å². The summed E-state index contributed by atoms with van der Waals surface area (Å²) in [5, 5.41) is 51.1. The van der Waals surface area contributed by atoms with Crippen molar-refractivity contribution in [2.24, 2.45) is 0 Å². The maximum Gasteiger partial charge on any atom is 0.416 e. The van der Waals surface area contributed by atoms with Crippen LogP contribution in [0.5, 0.6) is 0 Å². The van der Waals surface area contributed by atoms with Crippen LogP contribution >= 0.6 is 0 Å². The molecular formula is C40H46F3NO7. The van der Waals surface area contributed by atoms with Crippen LogP contribution in [0.4, 0.5) is 13.2 Å². The Kier molecular flexibility index (Phi) is 12.5. The third kappa shape index (κ3) is 8.80. The first kappa shape index (κ1) is 38.4. The van der Waals surface area contributed by atoms with Crippen molar-refractivity contribution in [3.05, 3.63) is 95.6 Å². The van der Waals surface area contributed by atoms with Gasteiger partial charge in [0.2, 0.25) is 0 Å². The number of carbonyl (C=O) groups is 1. The van der Waals surface area contributed by atoms with E-state index in [2.05, 4.69) is 17.0 Å². The number of aliphatic hydroxyl groups excluding tert-OH is 4. The summed E-state index contributed by atoms with van der Waals surface area (Å²) in [4.78, 5) is 14.4. The van der Waals surface area contributed by atoms with Gasteiger partial charge in [0.15, 0.2) is 0 Å². The SMILES string of the molecule is CC.O=C(O)c1cc(-c2ccc(C3CCN(CCCC4OC(CO)C(O)C(O)C4O)CC3)cc2)c2ccc(-c3ccc(C(F)(F)F)cc3)cc2c1. The molecule has 274 valence electrons. The number of fused-ring (bicyclic) bond motifs is 1. The van der Waals surface area contributed by atoms with Crippen molar-refractivity contribution in [3.8, 4) is 22.3 Å². The zero-order chi connectivity index (χ0) is 36.9. The van der Waals surface area contributed by atoms with E-state index >= 15 is 0 Å². The van der Waals surface area contributed by atoms with Crippen molar-refractivity contribution in [1.82, 2.24) is 4.90 Å². The lowest BCUT2D eigenvalue weighted by atomic mass is 9.87. The summed E-state index contributed by atoms with van der Waals surface area (Å²) in [5.74, 6) is -0.705. The van der Waals surface area contributed by atoms with E-state index in [1.807, 2.05) is 38.1 Å². The lowest BCUT2D eigenvalue weighted by Gasteiger charge is -2.40. The van der Waals surface area contributed by atoms with Gasteiger partial charge in [-0.05, 0) is 120 Å². The third-order valence-electron chi connectivity index (χ3n) is 9.98. The summed E-state index contributed by atoms with van der Waals surface area (Å²) >= 11 is 0. The number of hydrogen-bond acceptors (Lipinski definition) is 7. The van der Waals surface area contributed by atoms with Crippen molar-refractivity contribution in [3.63, 3.8) is 0 Å². The predicted molar refractivity (Wildman–Crippen MR) is 190 cm³/mol. The summed E-state index contributed by atoms with van der Waals surface area (Å²) in [7, 11) is 0. The molecule has 5 unspecified atom stereocenters. The minimum absolute atomic E-state index is 0.120. The van der Waals surface area contributed by atoms with Crippen LogP contribution in [-0.2, 0) is 10.9 Å². The Labute approximate surface area is 295 Å². The lowest BCUT2D eigenvalue weighted by molar-refractivity contribution is -0.230. The molecule has 0 bridgehead atoms. The average molecular weight is 710 g/mol. The molecular weight excluding hydrogens is 663 g/mol. The van der Waals surface area contributed by atoms with E-state index in [-0.39, 0.29) is 5.56 Å². The highest BCUT2D eigenvalue weighted by atomic mass is 19.4. The molecule has 0 aliphatic carbocycles. The largest absolute Gasteiger partial charge is 0.478 e. The summed E-state index contributed by atoms with van der Waals surface area (Å²) in [5.41, 5.74) is 3.50. The fourth-order valence-corrected chi connectivity index (χ4v) is 7.12. The van der Waals surface area contributed by atoms with Crippen LogP contribution in [0.2, 0.25) is 0 Å². The molecule has 0 amide bonds. The number of benzene rings is 4. The smallest absolute Gasteiger partial charge is 0.416 e. The number of piperidine rings is 1. The van der Waals surface area contributed by atoms with Crippen molar-refractivity contribution in [1.29, 1.82) is 0 Å². The minimum atomic E-state index is -4.43. The monoisotopic (exact) mass is 709 g/mol. The van der Waals surface area contributed by atoms with Gasteiger partial charge in [0.05, 0.1) is 23.8 Å². The van der Waals surface area contributed by atoms with Gasteiger partial charge in [-0.25, -0.2) is 4.79 Å². The van der Waals surface area contributed by atoms with Crippen molar-refractivity contribution in [2.45, 2.75) is 82.1 Å². The molecule has 2 aliphatic rings. The Morgan fingerprint density at radius 1 is 0.804 bits per heavy atom. The Morgan fingerprint density at radius 2 is 1.41 bits per heavy atom. The van der Waals surface area contributed by atoms with Crippen LogP contribution in [0.15, 0.2) is 78.9 Å². The van der Waals surface area contributed by atoms with E-state index in [0.717, 1.165) is 67.5 Å². The van der Waals surface area contributed by atoms with Crippen LogP contribution < -0.4 is 0 Å². The highest BCUT2D eigenvalue weighted by Gasteiger charge is 2.43. The van der Waals surface area contributed by atoms with Gasteiger partial charge in [0.1, 0.15) is 24.4 Å². The van der Waals surface area contributed by atoms with Crippen LogP contribution in [-0.4, -0.2) is 93.2 Å². The van der Waals surface area contributed by atoms with E-state index in [1.165, 1.54) is 17.7 Å². The second-order valence-electron chi connectivity index (χ2n) is 13.1. The van der Waals surface area contributed by atoms with E-state index in [0.29, 0.717) is 28.9 Å². The molecule has 4 aromatic carbocycles. The van der Waals surface area contributed by atoms with Gasteiger partial charge >= 0.3 is 12.1 Å². The number of ether oxygens (including phenoxy) is 1. The Hall–Kier alpha value is -3.84. The van der Waals surface area contributed by atoms with Crippen LogP contribution in [0.3, 0.4) is 0 Å². The quantitative estimate of drug-likeness (QED) is 0.130. The molecule has 5 N–H and O–H groups in total. The molecule has 0 aromatic heterocycles. The lowest BCUT2D eigenvalue weighted by Crippen LogP contribution is -2.58. The zero-order valence-corrected chi connectivity index (χ0v) is 28.8. The summed E-state index contributed by atoms with van der Waals surface area (Å²) < 4.78 is 44.8. The van der Waals surface area contributed by atoms with Gasteiger partial charge in [-0.2, -0.15) is 13.2 Å². The minimum Gasteiger partial charge on any atom is -0.478 e. The van der Waals surface area contributed by atoms with Gasteiger partial charge in [0.25, 0.3) is 0 Å². The number of halogens is 3. The van der Waals surface area contributed by atoms with Crippen molar-refractivity contribution in [2.75, 3.05) is 26.2 Å². The number of hydrogen-bond donors (Lipinski definition) is 5. The summed E-state index contributed by atoms with van der Waals surface area (Å²) in [6, 6.07) is 21.9. The highest BCUT2D eigenvalue weighted by molar-refractivity contribution is 6.04. The van der Waals surface area contributed by atoms with Gasteiger partial charge in [-0.15, -0.1) is 0 Å². The molecule has 2 heterocycles. The fraction of sp³-hybridized carbons (Fsp3) is 0.425. The molecule has 2 saturated heterocycles. The van der Waals surface area contributed by atoms with Gasteiger partial charge < -0.3 is 35.2 Å². The Balaban J connectivity index is 0.00000248. The van der Waals surface area contributed by atoms with Crippen molar-refractivity contribution >= 4 is 16.7 Å². The molecule has 2 fully saturated rings. The van der Waals surface area contributed by atoms with E-state index < -0.39 is 54.8 Å². The zero-order valence-electron chi connectivity index (χ0n) is 28.8. The number of carboxylic acid groups (broad SMARTS) is 1. The Morgan fingerprint density at radius 3 is 2.02 bits per heavy atom. The second kappa shape index (κ2) is 16.7. The topological polar surface area (TPSA) is 131 Å². The summed E-state index contributed by atoms with van der Waals surface area (Å²) in [6.45, 7) is 6.16. The molecule has 0 saturated carbocycles. The fourth-order valence-electron chi connectivity index (χ4n) is 7.12. The van der Waals surface area contributed by atoms with E-state index in [9.17, 15) is 43.5 Å². The molecule has 6 rings (SSSR count). The molecule has 51 heavy (non-hydrogen) atoms. The van der Waals surface area contributed by atoms with Gasteiger partial charge in [-0.1, -0.05) is 62.4 Å². The van der Waals surface area contributed by atoms with Crippen LogP contribution in [0, 0.1) is 0 Å². The number of likely N-dealkylation sites (tertiary alicyclic amines) is 1. The molecule has 8 nitrogen and oxygen atoms in total. The first-order valence-electron chi connectivity index (χ1n) is 17.5. The number of aromatic carboxylic acids is 1. The first-order chi connectivity index (χ1) is 24.4. The maximum atomic E-state index is 13.1. The number of carboxylic acids is 1. The van der Waals surface area contributed by atoms with Gasteiger partial charge in [0, 0.05) is 0 Å². The molecule has 0 spiro atoms. The molecule has 2 aliphatic heterocycles. The predicted octanol–water partition coefficient (Wildman–Crippen LogP) is 6.72. The van der Waals surface area contributed by atoms with Crippen LogP contribution in [0.1, 0.15) is 66.9 Å². The standard InChI is InChI=1S/C38H40F3NO7.C2H6/c39-38(40,41)29-10-7-23(8-11-29)26-9-12-30-27(18-26)19-28(37(47)48)20-31(30)25-5-3-22(4-6-25)24-13-16-42(17-14-24)15-1-2-32-34(44)36(46)35(45)33(21-43)49-32;1-2/h3-12,18-20,24,32-36,43-46H,1-2,13-17,21H2,(H,47,48);1-2H3. The number of alkyl halides is 3. The third-order valence-corrected chi connectivity index (χ3v) is 9.98. The van der Waals surface area contributed by atoms with Crippen molar-refractivity contribution < 1.29 is 48.2 Å².